The second-order valence-corrected chi connectivity index (χ2v) is 11.8. The summed E-state index contributed by atoms with van der Waals surface area (Å²) in [5, 5.41) is 22.0. The van der Waals surface area contributed by atoms with Crippen molar-refractivity contribution in [2.45, 2.75) is 85.4 Å². The summed E-state index contributed by atoms with van der Waals surface area (Å²) in [6.45, 7) is 11.3. The highest BCUT2D eigenvalue weighted by molar-refractivity contribution is 5.99. The van der Waals surface area contributed by atoms with Gasteiger partial charge in [0.15, 0.2) is 0 Å². The van der Waals surface area contributed by atoms with Crippen LogP contribution >= 0.6 is 0 Å². The number of fused-ring (bicyclic) bond motifs is 3. The molecule has 3 heteroatoms. The second kappa shape index (κ2) is 5.39. The fourth-order valence-electron chi connectivity index (χ4n) is 9.63. The Morgan fingerprint density at radius 1 is 1.00 bits per heavy atom. The molecule has 152 valence electrons. The summed E-state index contributed by atoms with van der Waals surface area (Å²) >= 11 is 0. The number of aliphatic hydroxyl groups is 2. The largest absolute Gasteiger partial charge is 0.390 e. The van der Waals surface area contributed by atoms with Crippen molar-refractivity contribution in [1.82, 2.24) is 0 Å². The molecular formula is C24H38O3. The summed E-state index contributed by atoms with van der Waals surface area (Å²) in [5.74, 6) is 3.36. The first-order valence-corrected chi connectivity index (χ1v) is 11.5. The minimum atomic E-state index is -0.648. The van der Waals surface area contributed by atoms with E-state index in [0.29, 0.717) is 35.4 Å². The number of aliphatic hydroxyl groups excluding tert-OH is 2. The van der Waals surface area contributed by atoms with Gasteiger partial charge in [-0.1, -0.05) is 34.6 Å². The Hall–Kier alpha value is -0.410. The molecule has 0 heterocycles. The minimum Gasteiger partial charge on any atom is -0.390 e. The molecule has 6 rings (SSSR count). The molecule has 2 bridgehead atoms. The Morgan fingerprint density at radius 3 is 2.37 bits per heavy atom. The molecule has 6 aliphatic carbocycles. The lowest BCUT2D eigenvalue weighted by Gasteiger charge is -2.66. The van der Waals surface area contributed by atoms with Gasteiger partial charge in [-0.05, 0) is 85.4 Å². The van der Waals surface area contributed by atoms with E-state index in [2.05, 4.69) is 34.6 Å². The van der Waals surface area contributed by atoms with E-state index in [1.807, 2.05) is 0 Å². The molecule has 0 amide bonds. The Labute approximate surface area is 164 Å². The second-order valence-electron chi connectivity index (χ2n) is 11.8. The third-order valence-corrected chi connectivity index (χ3v) is 10.9. The van der Waals surface area contributed by atoms with E-state index in [1.54, 1.807) is 0 Å². The van der Waals surface area contributed by atoms with E-state index in [-0.39, 0.29) is 28.1 Å². The van der Waals surface area contributed by atoms with Crippen molar-refractivity contribution in [2.75, 3.05) is 0 Å². The third-order valence-electron chi connectivity index (χ3n) is 10.9. The Bertz CT molecular complexity index is 673. The van der Waals surface area contributed by atoms with Crippen LogP contribution in [0.15, 0.2) is 0 Å². The van der Waals surface area contributed by atoms with E-state index in [4.69, 9.17) is 0 Å². The maximum absolute atomic E-state index is 14.0. The van der Waals surface area contributed by atoms with Crippen LogP contribution in [0, 0.1) is 57.7 Å². The summed E-state index contributed by atoms with van der Waals surface area (Å²) in [5.41, 5.74) is -0.423. The lowest BCUT2D eigenvalue weighted by molar-refractivity contribution is -0.204. The van der Waals surface area contributed by atoms with Crippen LogP contribution in [0.25, 0.3) is 0 Å². The van der Waals surface area contributed by atoms with E-state index < -0.39 is 12.2 Å². The van der Waals surface area contributed by atoms with E-state index in [0.717, 1.165) is 25.7 Å². The summed E-state index contributed by atoms with van der Waals surface area (Å²) in [6, 6.07) is 0. The zero-order chi connectivity index (χ0) is 19.5. The molecule has 0 unspecified atom stereocenters. The van der Waals surface area contributed by atoms with Crippen LogP contribution in [0.4, 0.5) is 0 Å². The third kappa shape index (κ3) is 1.81. The molecule has 0 radical (unpaired) electrons. The minimum absolute atomic E-state index is 0.0279. The number of rotatable bonds is 1. The standard InChI is InChI=1S/C24H38O3/c1-12(2)18-16-11-24-15(10-22(16,5)20(26)19(18)25)13(3)8-9-23(21(24)27)14(4)6-7-17(23)24/h12-20,25-26H,6-11H2,1-5H3/t13-,14-,15+,16-,17+,18+,19-,20-,22+,23-,24-/m1/s1. The van der Waals surface area contributed by atoms with E-state index >= 15 is 0 Å². The monoisotopic (exact) mass is 374 g/mol. The fourth-order valence-corrected chi connectivity index (χ4v) is 9.63. The molecular weight excluding hydrogens is 336 g/mol. The van der Waals surface area contributed by atoms with Gasteiger partial charge in [0.1, 0.15) is 5.78 Å². The van der Waals surface area contributed by atoms with Crippen molar-refractivity contribution in [3.05, 3.63) is 0 Å². The number of hydrogen-bond acceptors (Lipinski definition) is 3. The van der Waals surface area contributed by atoms with Crippen LogP contribution in [0.1, 0.15) is 73.1 Å². The number of Topliss-reactive ketones (excluding diaryl/α,β-unsaturated/α-hetero) is 1. The number of carbonyl (C=O) groups excluding carboxylic acids is 1. The lowest BCUT2D eigenvalue weighted by Crippen LogP contribution is -2.70. The summed E-state index contributed by atoms with van der Waals surface area (Å²) in [7, 11) is 0. The first-order chi connectivity index (χ1) is 12.6. The van der Waals surface area contributed by atoms with Gasteiger partial charge in [-0.3, -0.25) is 4.79 Å². The van der Waals surface area contributed by atoms with Crippen LogP contribution in [0.5, 0.6) is 0 Å². The van der Waals surface area contributed by atoms with Gasteiger partial charge < -0.3 is 10.2 Å². The predicted octanol–water partition coefficient (Wildman–Crippen LogP) is 4.06. The molecule has 0 aromatic rings. The molecule has 0 aromatic carbocycles. The molecule has 0 aliphatic heterocycles. The van der Waals surface area contributed by atoms with Gasteiger partial charge in [-0.25, -0.2) is 0 Å². The topological polar surface area (TPSA) is 57.5 Å². The highest BCUT2D eigenvalue weighted by atomic mass is 16.3. The molecule has 6 aliphatic rings. The quantitative estimate of drug-likeness (QED) is 0.728. The van der Waals surface area contributed by atoms with Gasteiger partial charge in [0.05, 0.1) is 12.2 Å². The Morgan fingerprint density at radius 2 is 1.70 bits per heavy atom. The molecule has 3 nitrogen and oxygen atoms in total. The first-order valence-electron chi connectivity index (χ1n) is 11.5. The zero-order valence-electron chi connectivity index (χ0n) is 17.7. The van der Waals surface area contributed by atoms with Gasteiger partial charge in [0, 0.05) is 10.8 Å². The highest BCUT2D eigenvalue weighted by Crippen LogP contribution is 2.79. The normalized spacial score (nSPS) is 61.9. The Kier molecular flexibility index (Phi) is 3.71. The van der Waals surface area contributed by atoms with Crippen molar-refractivity contribution in [1.29, 1.82) is 0 Å². The van der Waals surface area contributed by atoms with Crippen molar-refractivity contribution in [3.63, 3.8) is 0 Å². The van der Waals surface area contributed by atoms with Crippen LogP contribution in [-0.2, 0) is 4.79 Å². The molecule has 11 atom stereocenters. The number of carbonyl (C=O) groups is 1. The smallest absolute Gasteiger partial charge is 0.146 e. The zero-order valence-corrected chi connectivity index (χ0v) is 17.7. The number of ketones is 1. The fraction of sp³-hybridized carbons (Fsp3) is 0.958. The lowest BCUT2D eigenvalue weighted by atomic mass is 9.35. The van der Waals surface area contributed by atoms with Gasteiger partial charge in [0.25, 0.3) is 0 Å². The van der Waals surface area contributed by atoms with Gasteiger partial charge in [-0.2, -0.15) is 0 Å². The molecule has 2 N–H and O–H groups in total. The van der Waals surface area contributed by atoms with Crippen molar-refractivity contribution >= 4 is 5.78 Å². The van der Waals surface area contributed by atoms with Crippen molar-refractivity contribution < 1.29 is 15.0 Å². The summed E-state index contributed by atoms with van der Waals surface area (Å²) < 4.78 is 0. The van der Waals surface area contributed by atoms with Crippen LogP contribution in [0.2, 0.25) is 0 Å². The Balaban J connectivity index is 1.62. The van der Waals surface area contributed by atoms with E-state index in [1.165, 1.54) is 12.8 Å². The summed E-state index contributed by atoms with van der Waals surface area (Å²) in [6.07, 6.45) is 5.24. The van der Waals surface area contributed by atoms with Gasteiger partial charge >= 0.3 is 0 Å². The van der Waals surface area contributed by atoms with Crippen molar-refractivity contribution in [2.24, 2.45) is 57.7 Å². The van der Waals surface area contributed by atoms with Gasteiger partial charge in [-0.15, -0.1) is 0 Å². The highest BCUT2D eigenvalue weighted by Gasteiger charge is 2.80. The molecule has 2 spiro atoms. The molecule has 0 aromatic heterocycles. The molecule has 6 fully saturated rings. The average Bonchev–Trinajstić information content (AvgIpc) is 2.95. The predicted molar refractivity (Wildman–Crippen MR) is 105 cm³/mol. The first kappa shape index (κ1) is 18.6. The van der Waals surface area contributed by atoms with Crippen LogP contribution in [0.3, 0.4) is 0 Å². The maximum Gasteiger partial charge on any atom is 0.146 e. The van der Waals surface area contributed by atoms with Crippen LogP contribution in [-0.4, -0.2) is 28.2 Å². The average molecular weight is 375 g/mol. The van der Waals surface area contributed by atoms with E-state index in [9.17, 15) is 15.0 Å². The van der Waals surface area contributed by atoms with Crippen LogP contribution < -0.4 is 0 Å². The molecule has 6 saturated carbocycles. The van der Waals surface area contributed by atoms with Crippen molar-refractivity contribution in [3.8, 4) is 0 Å². The SMILES string of the molecule is CC(C)[C@@H]1[C@@H](O)[C@@H](O)[C@@]2(C)C[C@H]3[C@H](C)CC[C@]45C(=O)[C@@]3(C[C@H]12)[C@H]4CC[C@H]5C. The molecule has 0 saturated heterocycles. The van der Waals surface area contributed by atoms with Gasteiger partial charge in [0.2, 0.25) is 0 Å². The maximum atomic E-state index is 14.0. The number of hydrogen-bond donors (Lipinski definition) is 2. The summed E-state index contributed by atoms with van der Waals surface area (Å²) in [4.78, 5) is 14.0. The molecule has 27 heavy (non-hydrogen) atoms.